The first-order chi connectivity index (χ1) is 13.8. The number of hydrazone groups is 1. The number of rotatable bonds is 9. The smallest absolute Gasteiger partial charge is 0.295 e. The summed E-state index contributed by atoms with van der Waals surface area (Å²) in [5.41, 5.74) is 2.41. The fourth-order valence-corrected chi connectivity index (χ4v) is 4.09. The van der Waals surface area contributed by atoms with Gasteiger partial charge in [0.1, 0.15) is 5.69 Å². The highest BCUT2D eigenvalue weighted by molar-refractivity contribution is 7.89. The van der Waals surface area contributed by atoms with Gasteiger partial charge in [-0.2, -0.15) is 9.41 Å². The molecule has 0 fully saturated rings. The molecule has 0 bridgehead atoms. The monoisotopic (exact) mass is 422 g/mol. The summed E-state index contributed by atoms with van der Waals surface area (Å²) in [5.74, 6) is 0.126. The molecule has 11 heteroatoms. The van der Waals surface area contributed by atoms with Gasteiger partial charge in [0.15, 0.2) is 11.5 Å². The first kappa shape index (κ1) is 22.1. The van der Waals surface area contributed by atoms with Crippen LogP contribution in [0.4, 0.5) is 11.4 Å². The molecule has 0 amide bonds. The predicted octanol–water partition coefficient (Wildman–Crippen LogP) is 2.79. The number of nitro benzene ring substituents is 1. The highest BCUT2D eigenvalue weighted by Gasteiger charge is 2.25. The molecule has 0 unspecified atom stereocenters. The fraction of sp³-hybridized carbons (Fsp3) is 0.278. The van der Waals surface area contributed by atoms with Crippen molar-refractivity contribution in [1.82, 2.24) is 4.31 Å². The molecule has 0 heterocycles. The third-order valence-electron chi connectivity index (χ3n) is 4.15. The first-order valence-electron chi connectivity index (χ1n) is 8.69. The highest BCUT2D eigenvalue weighted by Crippen LogP contribution is 2.30. The second kappa shape index (κ2) is 9.34. The average molecular weight is 422 g/mol. The van der Waals surface area contributed by atoms with Crippen molar-refractivity contribution in [2.75, 3.05) is 25.6 Å². The Labute approximate surface area is 168 Å². The van der Waals surface area contributed by atoms with Crippen LogP contribution in [0, 0.1) is 10.1 Å². The largest absolute Gasteiger partial charge is 0.504 e. The van der Waals surface area contributed by atoms with Crippen LogP contribution in [-0.2, 0) is 10.0 Å². The highest BCUT2D eigenvalue weighted by atomic mass is 32.2. The zero-order valence-electron chi connectivity index (χ0n) is 16.2. The van der Waals surface area contributed by atoms with Gasteiger partial charge in [-0.15, -0.1) is 0 Å². The molecule has 2 aromatic carbocycles. The fourth-order valence-electron chi connectivity index (χ4n) is 2.61. The summed E-state index contributed by atoms with van der Waals surface area (Å²) in [4.78, 5) is 10.6. The van der Waals surface area contributed by atoms with Gasteiger partial charge in [0.2, 0.25) is 10.0 Å². The maximum Gasteiger partial charge on any atom is 0.295 e. The summed E-state index contributed by atoms with van der Waals surface area (Å²) in [5, 5.41) is 25.4. The van der Waals surface area contributed by atoms with Gasteiger partial charge in [-0.05, 0) is 24.3 Å². The molecular weight excluding hydrogens is 400 g/mol. The van der Waals surface area contributed by atoms with Gasteiger partial charge in [0, 0.05) is 24.7 Å². The van der Waals surface area contributed by atoms with Crippen LogP contribution in [0.3, 0.4) is 0 Å². The van der Waals surface area contributed by atoms with Crippen molar-refractivity contribution in [2.24, 2.45) is 5.10 Å². The maximum absolute atomic E-state index is 12.6. The van der Waals surface area contributed by atoms with E-state index >= 15 is 0 Å². The number of benzene rings is 2. The predicted molar refractivity (Wildman–Crippen MR) is 109 cm³/mol. The van der Waals surface area contributed by atoms with Crippen molar-refractivity contribution in [3.63, 3.8) is 0 Å². The third kappa shape index (κ3) is 4.81. The Morgan fingerprint density at radius 1 is 1.28 bits per heavy atom. The topological polar surface area (TPSA) is 134 Å². The average Bonchev–Trinajstić information content (AvgIpc) is 2.70. The van der Waals surface area contributed by atoms with Crippen LogP contribution in [0.25, 0.3) is 0 Å². The van der Waals surface area contributed by atoms with E-state index in [4.69, 9.17) is 4.74 Å². The van der Waals surface area contributed by atoms with Gasteiger partial charge in [0.25, 0.3) is 5.69 Å². The molecule has 10 nitrogen and oxygen atoms in total. The number of para-hydroxylation sites is 1. The van der Waals surface area contributed by atoms with Gasteiger partial charge in [0.05, 0.1) is 23.1 Å². The summed E-state index contributed by atoms with van der Waals surface area (Å²) in [6.07, 6.45) is 1.27. The van der Waals surface area contributed by atoms with E-state index in [1.165, 1.54) is 29.8 Å². The van der Waals surface area contributed by atoms with Crippen molar-refractivity contribution >= 4 is 27.6 Å². The van der Waals surface area contributed by atoms with Gasteiger partial charge in [-0.1, -0.05) is 19.9 Å². The van der Waals surface area contributed by atoms with Crippen molar-refractivity contribution in [2.45, 2.75) is 18.7 Å². The molecule has 156 valence electrons. The summed E-state index contributed by atoms with van der Waals surface area (Å²) in [6, 6.07) is 8.35. The number of aromatic hydroxyl groups is 1. The lowest BCUT2D eigenvalue weighted by Crippen LogP contribution is -2.30. The van der Waals surface area contributed by atoms with E-state index in [-0.39, 0.29) is 35.2 Å². The zero-order valence-corrected chi connectivity index (χ0v) is 17.0. The van der Waals surface area contributed by atoms with E-state index in [0.29, 0.717) is 5.56 Å². The number of nitrogens with one attached hydrogen (secondary N) is 1. The van der Waals surface area contributed by atoms with Crippen LogP contribution in [0.2, 0.25) is 0 Å². The number of phenolic OH excluding ortho intramolecular Hbond substituents is 1. The Hall–Kier alpha value is -3.18. The SMILES string of the molecule is CCN(CC)S(=O)(=O)c1ccc(N/N=C/c2cccc(OC)c2O)c([N+](=O)[O-])c1. The van der Waals surface area contributed by atoms with Crippen molar-refractivity contribution in [3.8, 4) is 11.5 Å². The summed E-state index contributed by atoms with van der Waals surface area (Å²) < 4.78 is 31.4. The van der Waals surface area contributed by atoms with E-state index in [2.05, 4.69) is 10.5 Å². The van der Waals surface area contributed by atoms with Crippen LogP contribution < -0.4 is 10.2 Å². The number of ether oxygens (including phenoxy) is 1. The number of phenols is 1. The van der Waals surface area contributed by atoms with Crippen molar-refractivity contribution in [1.29, 1.82) is 0 Å². The number of sulfonamides is 1. The standard InChI is InChI=1S/C18H22N4O6S/c1-4-21(5-2)29(26,27)14-9-10-15(16(11-14)22(24)25)20-19-12-13-7-6-8-17(28-3)18(13)23/h6-12,20,23H,4-5H2,1-3H3/b19-12+. The zero-order chi connectivity index (χ0) is 21.6. The lowest BCUT2D eigenvalue weighted by molar-refractivity contribution is -0.384. The van der Waals surface area contributed by atoms with Crippen LogP contribution in [0.15, 0.2) is 46.4 Å². The van der Waals surface area contributed by atoms with E-state index in [1.807, 2.05) is 0 Å². The van der Waals surface area contributed by atoms with Crippen LogP contribution in [0.1, 0.15) is 19.4 Å². The summed E-state index contributed by atoms with van der Waals surface area (Å²) in [6.45, 7) is 3.88. The molecule has 29 heavy (non-hydrogen) atoms. The molecule has 0 spiro atoms. The van der Waals surface area contributed by atoms with E-state index in [0.717, 1.165) is 6.07 Å². The number of nitrogens with zero attached hydrogens (tertiary/aromatic N) is 3. The molecule has 0 radical (unpaired) electrons. The second-order valence-electron chi connectivity index (χ2n) is 5.79. The minimum atomic E-state index is -3.84. The Balaban J connectivity index is 2.34. The number of anilines is 1. The van der Waals surface area contributed by atoms with Gasteiger partial charge in [-0.3, -0.25) is 15.5 Å². The van der Waals surface area contributed by atoms with Gasteiger partial charge in [-0.25, -0.2) is 8.42 Å². The minimum absolute atomic E-state index is 0.00660. The van der Waals surface area contributed by atoms with E-state index in [1.54, 1.807) is 32.0 Å². The molecule has 0 aliphatic carbocycles. The Kier molecular flexibility index (Phi) is 7.13. The number of hydrogen-bond donors (Lipinski definition) is 2. The molecule has 0 atom stereocenters. The Bertz CT molecular complexity index is 1020. The molecular formula is C18H22N4O6S. The summed E-state index contributed by atoms with van der Waals surface area (Å²) >= 11 is 0. The summed E-state index contributed by atoms with van der Waals surface area (Å²) in [7, 11) is -2.43. The molecule has 0 aromatic heterocycles. The quantitative estimate of drug-likeness (QED) is 0.360. The van der Waals surface area contributed by atoms with Gasteiger partial charge < -0.3 is 9.84 Å². The van der Waals surface area contributed by atoms with Crippen molar-refractivity contribution < 1.29 is 23.2 Å². The van der Waals surface area contributed by atoms with Crippen LogP contribution >= 0.6 is 0 Å². The second-order valence-corrected chi connectivity index (χ2v) is 7.73. The molecule has 2 aromatic rings. The Morgan fingerprint density at radius 2 is 1.97 bits per heavy atom. The normalized spacial score (nSPS) is 11.7. The van der Waals surface area contributed by atoms with Crippen LogP contribution in [0.5, 0.6) is 11.5 Å². The molecule has 2 rings (SSSR count). The van der Waals surface area contributed by atoms with Gasteiger partial charge >= 0.3 is 0 Å². The minimum Gasteiger partial charge on any atom is -0.504 e. The number of hydrogen-bond acceptors (Lipinski definition) is 8. The van der Waals surface area contributed by atoms with E-state index in [9.17, 15) is 23.6 Å². The molecule has 0 aliphatic rings. The molecule has 2 N–H and O–H groups in total. The molecule has 0 aliphatic heterocycles. The third-order valence-corrected chi connectivity index (χ3v) is 6.19. The maximum atomic E-state index is 12.6. The van der Waals surface area contributed by atoms with E-state index < -0.39 is 20.6 Å². The van der Waals surface area contributed by atoms with Crippen molar-refractivity contribution in [3.05, 3.63) is 52.1 Å². The first-order valence-corrected chi connectivity index (χ1v) is 10.1. The van der Waals surface area contributed by atoms with Crippen LogP contribution in [-0.4, -0.2) is 49.2 Å². The number of nitro groups is 1. The number of methoxy groups -OCH3 is 1. The molecule has 0 saturated carbocycles. The lowest BCUT2D eigenvalue weighted by Gasteiger charge is -2.18. The lowest BCUT2D eigenvalue weighted by atomic mass is 10.2. The molecule has 0 saturated heterocycles. The Morgan fingerprint density at radius 3 is 2.55 bits per heavy atom.